The second-order valence-corrected chi connectivity index (χ2v) is 5.14. The lowest BCUT2D eigenvalue weighted by molar-refractivity contribution is -0.133. The Hall–Kier alpha value is -0.770. The molecule has 3 nitrogen and oxygen atoms in total. The van der Waals surface area contributed by atoms with Gasteiger partial charge in [-0.2, -0.15) is 0 Å². The number of carbonyl (C=O) groups excluding carboxylic acids is 1. The van der Waals surface area contributed by atoms with Crippen molar-refractivity contribution in [2.75, 3.05) is 14.1 Å². The van der Waals surface area contributed by atoms with Gasteiger partial charge in [0.25, 0.3) is 0 Å². The van der Waals surface area contributed by atoms with Crippen LogP contribution in [0.1, 0.15) is 25.5 Å². The number of amides is 1. The molecule has 2 atom stereocenters. The number of rotatable bonds is 4. The van der Waals surface area contributed by atoms with Crippen molar-refractivity contribution < 1.29 is 4.79 Å². The number of nitrogens with zero attached hydrogens (tertiary/aromatic N) is 1. The molecule has 5 heteroatoms. The van der Waals surface area contributed by atoms with Crippen LogP contribution in [0, 0.1) is 0 Å². The van der Waals surface area contributed by atoms with E-state index in [2.05, 4.69) is 5.32 Å². The molecule has 0 heterocycles. The van der Waals surface area contributed by atoms with E-state index >= 15 is 0 Å². The molecule has 2 unspecified atom stereocenters. The van der Waals surface area contributed by atoms with Gasteiger partial charge in [0.1, 0.15) is 0 Å². The SMILES string of the molecule is CNC(C)C(=O)N(C)C(C)c1ccc(Cl)cc1Cl. The van der Waals surface area contributed by atoms with Gasteiger partial charge in [0.05, 0.1) is 12.1 Å². The Morgan fingerprint density at radius 1 is 1.33 bits per heavy atom. The molecule has 0 aliphatic heterocycles. The summed E-state index contributed by atoms with van der Waals surface area (Å²) in [7, 11) is 3.53. The van der Waals surface area contributed by atoms with E-state index in [1.807, 2.05) is 19.9 Å². The van der Waals surface area contributed by atoms with E-state index in [4.69, 9.17) is 23.2 Å². The fourth-order valence-corrected chi connectivity index (χ4v) is 2.24. The highest BCUT2D eigenvalue weighted by atomic mass is 35.5. The van der Waals surface area contributed by atoms with Crippen LogP contribution in [0.15, 0.2) is 18.2 Å². The molecule has 100 valence electrons. The van der Waals surface area contributed by atoms with Gasteiger partial charge in [0.2, 0.25) is 5.91 Å². The molecule has 1 amide bonds. The standard InChI is InChI=1S/C13H18Cl2N2O/c1-8(16-3)13(18)17(4)9(2)11-6-5-10(14)7-12(11)15/h5-9,16H,1-4H3. The average Bonchev–Trinajstić information content (AvgIpc) is 2.35. The van der Waals surface area contributed by atoms with Crippen molar-refractivity contribution in [2.45, 2.75) is 25.9 Å². The van der Waals surface area contributed by atoms with Crippen LogP contribution in [-0.2, 0) is 4.79 Å². The highest BCUT2D eigenvalue weighted by Crippen LogP contribution is 2.29. The van der Waals surface area contributed by atoms with Gasteiger partial charge >= 0.3 is 0 Å². The van der Waals surface area contributed by atoms with Gasteiger partial charge < -0.3 is 10.2 Å². The van der Waals surface area contributed by atoms with Gasteiger partial charge in [-0.25, -0.2) is 0 Å². The number of halogens is 2. The van der Waals surface area contributed by atoms with E-state index in [9.17, 15) is 4.79 Å². The summed E-state index contributed by atoms with van der Waals surface area (Å²) >= 11 is 12.0. The Morgan fingerprint density at radius 2 is 1.94 bits per heavy atom. The largest absolute Gasteiger partial charge is 0.338 e. The lowest BCUT2D eigenvalue weighted by atomic mass is 10.1. The second kappa shape index (κ2) is 6.41. The van der Waals surface area contributed by atoms with Gasteiger partial charge in [0, 0.05) is 17.1 Å². The number of benzene rings is 1. The zero-order valence-corrected chi connectivity index (χ0v) is 12.5. The zero-order chi connectivity index (χ0) is 13.9. The quantitative estimate of drug-likeness (QED) is 0.923. The first kappa shape index (κ1) is 15.3. The van der Waals surface area contributed by atoms with Crippen LogP contribution in [0.2, 0.25) is 10.0 Å². The first-order valence-corrected chi connectivity index (χ1v) is 6.53. The summed E-state index contributed by atoms with van der Waals surface area (Å²) in [5, 5.41) is 4.10. The van der Waals surface area contributed by atoms with Crippen LogP contribution in [0.5, 0.6) is 0 Å². The predicted molar refractivity (Wildman–Crippen MR) is 76.2 cm³/mol. The van der Waals surface area contributed by atoms with E-state index in [0.29, 0.717) is 10.0 Å². The van der Waals surface area contributed by atoms with Crippen molar-refractivity contribution in [3.05, 3.63) is 33.8 Å². The summed E-state index contributed by atoms with van der Waals surface area (Å²) in [6, 6.07) is 5.00. The maximum atomic E-state index is 12.1. The molecule has 0 spiro atoms. The fourth-order valence-electron chi connectivity index (χ4n) is 1.67. The molecule has 18 heavy (non-hydrogen) atoms. The third-order valence-electron chi connectivity index (χ3n) is 3.14. The van der Waals surface area contributed by atoms with Crippen molar-refractivity contribution in [1.82, 2.24) is 10.2 Å². The van der Waals surface area contributed by atoms with Gasteiger partial charge in [-0.05, 0) is 38.6 Å². The summed E-state index contributed by atoms with van der Waals surface area (Å²) in [6.07, 6.45) is 0. The molecule has 0 saturated carbocycles. The summed E-state index contributed by atoms with van der Waals surface area (Å²) < 4.78 is 0. The number of hydrogen-bond acceptors (Lipinski definition) is 2. The molecule has 1 aromatic carbocycles. The van der Waals surface area contributed by atoms with E-state index in [1.165, 1.54) is 0 Å². The normalized spacial score (nSPS) is 14.1. The fraction of sp³-hybridized carbons (Fsp3) is 0.462. The number of hydrogen-bond donors (Lipinski definition) is 1. The lowest BCUT2D eigenvalue weighted by Crippen LogP contribution is -2.42. The molecule has 0 saturated heterocycles. The Labute approximate surface area is 118 Å². The van der Waals surface area contributed by atoms with Crippen molar-refractivity contribution >= 4 is 29.1 Å². The van der Waals surface area contributed by atoms with Crippen molar-refractivity contribution in [3.8, 4) is 0 Å². The maximum absolute atomic E-state index is 12.1. The van der Waals surface area contributed by atoms with E-state index in [0.717, 1.165) is 5.56 Å². The Kier molecular flexibility index (Phi) is 5.45. The minimum atomic E-state index is -0.219. The van der Waals surface area contributed by atoms with Gasteiger partial charge in [-0.15, -0.1) is 0 Å². The molecule has 1 aromatic rings. The zero-order valence-electron chi connectivity index (χ0n) is 11.0. The van der Waals surface area contributed by atoms with Crippen LogP contribution in [0.3, 0.4) is 0 Å². The Morgan fingerprint density at radius 3 is 2.44 bits per heavy atom. The first-order chi connectivity index (χ1) is 8.38. The van der Waals surface area contributed by atoms with Crippen molar-refractivity contribution in [2.24, 2.45) is 0 Å². The molecule has 0 bridgehead atoms. The molecule has 1 rings (SSSR count). The van der Waals surface area contributed by atoms with Crippen LogP contribution in [-0.4, -0.2) is 30.9 Å². The topological polar surface area (TPSA) is 32.3 Å². The Balaban J connectivity index is 2.92. The van der Waals surface area contributed by atoms with Crippen LogP contribution in [0.4, 0.5) is 0 Å². The second-order valence-electron chi connectivity index (χ2n) is 4.30. The minimum absolute atomic E-state index is 0.0241. The van der Waals surface area contributed by atoms with E-state index < -0.39 is 0 Å². The molecule has 0 fully saturated rings. The molecular weight excluding hydrogens is 271 g/mol. The monoisotopic (exact) mass is 288 g/mol. The molecule has 1 N–H and O–H groups in total. The van der Waals surface area contributed by atoms with Gasteiger partial charge in [-0.1, -0.05) is 29.3 Å². The average molecular weight is 289 g/mol. The molecule has 0 radical (unpaired) electrons. The summed E-state index contributed by atoms with van der Waals surface area (Å²) in [4.78, 5) is 13.7. The summed E-state index contributed by atoms with van der Waals surface area (Å²) in [5.41, 5.74) is 0.889. The number of likely N-dealkylation sites (N-methyl/N-ethyl adjacent to an activating group) is 2. The third-order valence-corrected chi connectivity index (χ3v) is 3.71. The highest BCUT2D eigenvalue weighted by Gasteiger charge is 2.22. The van der Waals surface area contributed by atoms with E-state index in [1.54, 1.807) is 31.1 Å². The van der Waals surface area contributed by atoms with Gasteiger partial charge in [-0.3, -0.25) is 4.79 Å². The minimum Gasteiger partial charge on any atom is -0.338 e. The molecular formula is C13H18Cl2N2O. The van der Waals surface area contributed by atoms with Crippen molar-refractivity contribution in [3.63, 3.8) is 0 Å². The third kappa shape index (κ3) is 3.37. The maximum Gasteiger partial charge on any atom is 0.239 e. The van der Waals surface area contributed by atoms with Crippen LogP contribution in [0.25, 0.3) is 0 Å². The predicted octanol–water partition coefficient (Wildman–Crippen LogP) is 3.12. The Bertz CT molecular complexity index is 437. The summed E-state index contributed by atoms with van der Waals surface area (Å²) in [5.74, 6) is 0.0241. The number of carbonyl (C=O) groups is 1. The lowest BCUT2D eigenvalue weighted by Gasteiger charge is -2.28. The molecule has 0 aliphatic carbocycles. The van der Waals surface area contributed by atoms with Crippen LogP contribution >= 0.6 is 23.2 Å². The van der Waals surface area contributed by atoms with Gasteiger partial charge in [0.15, 0.2) is 0 Å². The highest BCUT2D eigenvalue weighted by molar-refractivity contribution is 6.35. The number of nitrogens with one attached hydrogen (secondary N) is 1. The summed E-state index contributed by atoms with van der Waals surface area (Å²) in [6.45, 7) is 3.77. The first-order valence-electron chi connectivity index (χ1n) is 5.77. The van der Waals surface area contributed by atoms with Crippen LogP contribution < -0.4 is 5.32 Å². The van der Waals surface area contributed by atoms with E-state index in [-0.39, 0.29) is 18.0 Å². The smallest absolute Gasteiger partial charge is 0.239 e. The molecule has 0 aliphatic rings. The van der Waals surface area contributed by atoms with Crippen molar-refractivity contribution in [1.29, 1.82) is 0 Å². The molecule has 0 aromatic heterocycles.